The van der Waals surface area contributed by atoms with Gasteiger partial charge in [0.05, 0.1) is 17.6 Å². The van der Waals surface area contributed by atoms with E-state index >= 15 is 0 Å². The first kappa shape index (κ1) is 14.9. The fraction of sp³-hybridized carbons (Fsp3) is 0.818. The van der Waals surface area contributed by atoms with Crippen LogP contribution in [0.4, 0.5) is 0 Å². The van der Waals surface area contributed by atoms with E-state index < -0.39 is 27.6 Å². The molecule has 6 nitrogen and oxygen atoms in total. The lowest BCUT2D eigenvalue weighted by Gasteiger charge is -2.15. The van der Waals surface area contributed by atoms with E-state index in [1.165, 1.54) is 0 Å². The van der Waals surface area contributed by atoms with Crippen molar-refractivity contribution in [3.63, 3.8) is 0 Å². The number of carbonyl (C=O) groups is 2. The number of carboxylic acid groups (broad SMARTS) is 1. The van der Waals surface area contributed by atoms with E-state index in [9.17, 15) is 18.0 Å². The van der Waals surface area contributed by atoms with Gasteiger partial charge >= 0.3 is 5.97 Å². The summed E-state index contributed by atoms with van der Waals surface area (Å²) in [6.45, 7) is 1.95. The molecular weight excluding hydrogens is 258 g/mol. The Morgan fingerprint density at radius 3 is 2.33 bits per heavy atom. The molecule has 0 bridgehead atoms. The van der Waals surface area contributed by atoms with E-state index in [1.54, 1.807) is 0 Å². The van der Waals surface area contributed by atoms with Gasteiger partial charge in [0.25, 0.3) is 0 Å². The number of nitrogens with one attached hydrogen (secondary N) is 1. The zero-order valence-corrected chi connectivity index (χ0v) is 11.4. The molecule has 1 aliphatic carbocycles. The van der Waals surface area contributed by atoms with Crippen molar-refractivity contribution in [1.29, 1.82) is 0 Å². The summed E-state index contributed by atoms with van der Waals surface area (Å²) in [6, 6.07) is 0. The van der Waals surface area contributed by atoms with Gasteiger partial charge in [-0.05, 0) is 18.8 Å². The van der Waals surface area contributed by atoms with E-state index in [4.69, 9.17) is 5.11 Å². The molecule has 1 fully saturated rings. The molecule has 1 rings (SSSR count). The molecule has 0 aromatic heterocycles. The number of carbonyl (C=O) groups excluding carboxylic acids is 1. The third-order valence-corrected chi connectivity index (χ3v) is 4.17. The van der Waals surface area contributed by atoms with Gasteiger partial charge in [0, 0.05) is 12.8 Å². The zero-order chi connectivity index (χ0) is 13.9. The van der Waals surface area contributed by atoms with Crippen LogP contribution in [0.5, 0.6) is 0 Å². The number of hydrogen-bond donors (Lipinski definition) is 2. The van der Waals surface area contributed by atoms with Crippen molar-refractivity contribution < 1.29 is 23.1 Å². The molecule has 1 saturated carbocycles. The zero-order valence-electron chi connectivity index (χ0n) is 10.5. The predicted molar refractivity (Wildman–Crippen MR) is 65.7 cm³/mol. The minimum atomic E-state index is -3.11. The molecule has 18 heavy (non-hydrogen) atoms. The molecule has 2 N–H and O–H groups in total. The van der Waals surface area contributed by atoms with Gasteiger partial charge in [-0.25, -0.2) is 8.42 Å². The molecule has 0 radical (unpaired) electrons. The highest BCUT2D eigenvalue weighted by molar-refractivity contribution is 7.90. The summed E-state index contributed by atoms with van der Waals surface area (Å²) >= 11 is 0. The molecule has 3 atom stereocenters. The van der Waals surface area contributed by atoms with Crippen LogP contribution in [-0.2, 0) is 19.4 Å². The van der Waals surface area contributed by atoms with Crippen LogP contribution in [0, 0.1) is 17.8 Å². The van der Waals surface area contributed by atoms with Crippen molar-refractivity contribution in [3.05, 3.63) is 0 Å². The summed E-state index contributed by atoms with van der Waals surface area (Å²) in [4.78, 5) is 22.8. The summed E-state index contributed by atoms with van der Waals surface area (Å²) in [5.41, 5.74) is 0. The SMILES string of the molecule is CC1CC(C(=O)O)C(C(=O)NCCS(C)(=O)=O)C1. The van der Waals surface area contributed by atoms with E-state index in [-0.39, 0.29) is 24.1 Å². The van der Waals surface area contributed by atoms with Gasteiger partial charge in [-0.3, -0.25) is 9.59 Å². The minimum Gasteiger partial charge on any atom is -0.481 e. The van der Waals surface area contributed by atoms with Gasteiger partial charge in [0.2, 0.25) is 5.91 Å². The lowest BCUT2D eigenvalue weighted by molar-refractivity contribution is -0.146. The Morgan fingerprint density at radius 1 is 1.28 bits per heavy atom. The standard InChI is InChI=1S/C11H19NO5S/c1-7-5-8(9(6-7)11(14)15)10(13)12-3-4-18(2,16)17/h7-9H,3-6H2,1-2H3,(H,12,13)(H,14,15). The Bertz CT molecular complexity index is 431. The molecule has 0 heterocycles. The van der Waals surface area contributed by atoms with E-state index in [1.807, 2.05) is 6.92 Å². The maximum atomic E-state index is 11.8. The monoisotopic (exact) mass is 277 g/mol. The summed E-state index contributed by atoms with van der Waals surface area (Å²) in [5, 5.41) is 11.5. The second-order valence-corrected chi connectivity index (χ2v) is 7.31. The number of rotatable bonds is 5. The molecular formula is C11H19NO5S. The summed E-state index contributed by atoms with van der Waals surface area (Å²) in [5.74, 6) is -2.43. The summed E-state index contributed by atoms with van der Waals surface area (Å²) < 4.78 is 21.8. The maximum Gasteiger partial charge on any atom is 0.307 e. The number of sulfone groups is 1. The van der Waals surface area contributed by atoms with Gasteiger partial charge in [-0.1, -0.05) is 6.92 Å². The van der Waals surface area contributed by atoms with Crippen LogP contribution >= 0.6 is 0 Å². The Hall–Kier alpha value is -1.11. The van der Waals surface area contributed by atoms with Gasteiger partial charge in [0.15, 0.2) is 0 Å². The Morgan fingerprint density at radius 2 is 1.83 bits per heavy atom. The number of hydrogen-bond acceptors (Lipinski definition) is 4. The normalized spacial score (nSPS) is 28.0. The largest absolute Gasteiger partial charge is 0.481 e. The van der Waals surface area contributed by atoms with Crippen LogP contribution in [0.15, 0.2) is 0 Å². The molecule has 0 aliphatic heterocycles. The lowest BCUT2D eigenvalue weighted by atomic mass is 9.95. The highest BCUT2D eigenvalue weighted by atomic mass is 32.2. The van der Waals surface area contributed by atoms with Crippen LogP contribution in [0.25, 0.3) is 0 Å². The smallest absolute Gasteiger partial charge is 0.307 e. The van der Waals surface area contributed by atoms with Crippen LogP contribution < -0.4 is 5.32 Å². The lowest BCUT2D eigenvalue weighted by Crippen LogP contribution is -2.37. The first-order valence-corrected chi connectivity index (χ1v) is 7.95. The van der Waals surface area contributed by atoms with Crippen LogP contribution in [0.1, 0.15) is 19.8 Å². The van der Waals surface area contributed by atoms with E-state index in [0.717, 1.165) is 6.26 Å². The van der Waals surface area contributed by atoms with Crippen molar-refractivity contribution in [1.82, 2.24) is 5.32 Å². The Kier molecular flexibility index (Phi) is 4.72. The average molecular weight is 277 g/mol. The molecule has 1 aliphatic rings. The Balaban J connectivity index is 2.53. The molecule has 104 valence electrons. The first-order chi connectivity index (χ1) is 8.20. The van der Waals surface area contributed by atoms with Crippen LogP contribution in [0.3, 0.4) is 0 Å². The molecule has 0 spiro atoms. The van der Waals surface area contributed by atoms with Crippen molar-refractivity contribution in [3.8, 4) is 0 Å². The second kappa shape index (κ2) is 5.69. The molecule has 1 amide bonds. The minimum absolute atomic E-state index is 0.0366. The van der Waals surface area contributed by atoms with Gasteiger partial charge < -0.3 is 10.4 Å². The molecule has 3 unspecified atom stereocenters. The number of amides is 1. The molecule has 0 aromatic rings. The molecule has 7 heteroatoms. The van der Waals surface area contributed by atoms with Crippen molar-refractivity contribution in [2.75, 3.05) is 18.6 Å². The van der Waals surface area contributed by atoms with Crippen LogP contribution in [-0.4, -0.2) is 44.0 Å². The van der Waals surface area contributed by atoms with Crippen molar-refractivity contribution >= 4 is 21.7 Å². The third-order valence-electron chi connectivity index (χ3n) is 3.22. The predicted octanol–water partition coefficient (Wildman–Crippen LogP) is -0.106. The van der Waals surface area contributed by atoms with Crippen LogP contribution in [0.2, 0.25) is 0 Å². The average Bonchev–Trinajstić information content (AvgIpc) is 2.58. The first-order valence-electron chi connectivity index (χ1n) is 5.89. The third kappa shape index (κ3) is 4.29. The molecule has 0 saturated heterocycles. The highest BCUT2D eigenvalue weighted by Crippen LogP contribution is 2.36. The fourth-order valence-corrected chi connectivity index (χ4v) is 2.82. The quantitative estimate of drug-likeness (QED) is 0.730. The van der Waals surface area contributed by atoms with Gasteiger partial charge in [-0.15, -0.1) is 0 Å². The topological polar surface area (TPSA) is 101 Å². The van der Waals surface area contributed by atoms with Crippen molar-refractivity contribution in [2.24, 2.45) is 17.8 Å². The fourth-order valence-electron chi connectivity index (χ4n) is 2.35. The Labute approximate surface area is 107 Å². The van der Waals surface area contributed by atoms with E-state index in [0.29, 0.717) is 12.8 Å². The molecule has 0 aromatic carbocycles. The number of aliphatic carboxylic acids is 1. The number of carboxylic acids is 1. The van der Waals surface area contributed by atoms with Gasteiger partial charge in [-0.2, -0.15) is 0 Å². The highest BCUT2D eigenvalue weighted by Gasteiger charge is 2.40. The summed E-state index contributed by atoms with van der Waals surface area (Å²) in [6.07, 6.45) is 2.14. The van der Waals surface area contributed by atoms with Gasteiger partial charge in [0.1, 0.15) is 9.84 Å². The summed E-state index contributed by atoms with van der Waals surface area (Å²) in [7, 11) is -3.11. The van der Waals surface area contributed by atoms with E-state index in [2.05, 4.69) is 5.32 Å². The maximum absolute atomic E-state index is 11.8. The van der Waals surface area contributed by atoms with Crippen molar-refractivity contribution in [2.45, 2.75) is 19.8 Å². The second-order valence-electron chi connectivity index (χ2n) is 5.05.